The van der Waals surface area contributed by atoms with E-state index in [-0.39, 0.29) is 12.4 Å². The molecular weight excluding hydrogens is 557 g/mol. The van der Waals surface area contributed by atoms with Gasteiger partial charge in [-0.3, -0.25) is 14.0 Å². The Hall–Kier alpha value is -3.06. The third-order valence-electron chi connectivity index (χ3n) is 5.73. The molecule has 0 bridgehead atoms. The minimum atomic E-state index is -0.579. The average molecular weight is 622 g/mol. The maximum atomic E-state index is 10.7. The van der Waals surface area contributed by atoms with Crippen molar-refractivity contribution in [3.63, 3.8) is 0 Å². The molecule has 2 aromatic carbocycles. The van der Waals surface area contributed by atoms with Gasteiger partial charge in [0.05, 0.1) is 13.6 Å². The topological polar surface area (TPSA) is 95.7 Å². The van der Waals surface area contributed by atoms with Crippen LogP contribution in [0, 0.1) is 0 Å². The van der Waals surface area contributed by atoms with Crippen LogP contribution in [0.5, 0.6) is 0 Å². The highest BCUT2D eigenvalue weighted by atomic mass is 19.1. The molecule has 0 atom stereocenters. The number of hydrogen-bond acceptors (Lipinski definition) is 5. The first-order valence-electron chi connectivity index (χ1n) is 16.3. The Morgan fingerprint density at radius 1 is 0.818 bits per heavy atom. The van der Waals surface area contributed by atoms with Crippen molar-refractivity contribution < 1.29 is 28.2 Å². The van der Waals surface area contributed by atoms with E-state index >= 15 is 0 Å². The van der Waals surface area contributed by atoms with Crippen molar-refractivity contribution in [2.75, 3.05) is 20.4 Å². The third-order valence-corrected chi connectivity index (χ3v) is 5.73. The number of nitrogens with two attached hydrogens (primary N) is 1. The average Bonchev–Trinajstić information content (AvgIpc) is 3.08. The number of aldehydes is 1. The van der Waals surface area contributed by atoms with Crippen LogP contribution in [0.25, 0.3) is 0 Å². The molecule has 1 amide bonds. The van der Waals surface area contributed by atoms with Crippen LogP contribution in [0.2, 0.25) is 0 Å². The number of alkyl halides is 1. The van der Waals surface area contributed by atoms with Crippen LogP contribution >= 0.6 is 0 Å². The summed E-state index contributed by atoms with van der Waals surface area (Å²) in [4.78, 5) is 29.6. The zero-order chi connectivity index (χ0) is 34.4. The molecule has 0 aromatic heterocycles. The van der Waals surface area contributed by atoms with Crippen LogP contribution in [0.15, 0.2) is 54.6 Å². The van der Waals surface area contributed by atoms with Gasteiger partial charge >= 0.3 is 5.97 Å². The highest BCUT2D eigenvalue weighted by Gasteiger charge is 2.15. The molecule has 6 nitrogen and oxygen atoms in total. The van der Waals surface area contributed by atoms with Crippen molar-refractivity contribution in [3.8, 4) is 0 Å². The first kappa shape index (κ1) is 47.9. The molecule has 1 aliphatic carbocycles. The highest BCUT2D eigenvalue weighted by Crippen LogP contribution is 2.32. The van der Waals surface area contributed by atoms with E-state index < -0.39 is 5.91 Å². The molecule has 0 aliphatic heterocycles. The van der Waals surface area contributed by atoms with Crippen LogP contribution < -0.4 is 5.73 Å². The van der Waals surface area contributed by atoms with Crippen molar-refractivity contribution in [2.45, 2.75) is 126 Å². The van der Waals surface area contributed by atoms with E-state index in [4.69, 9.17) is 9.47 Å². The van der Waals surface area contributed by atoms with E-state index in [1.54, 1.807) is 0 Å². The Kier molecular flexibility index (Phi) is 43.4. The predicted molar refractivity (Wildman–Crippen MR) is 185 cm³/mol. The van der Waals surface area contributed by atoms with Gasteiger partial charge in [-0.1, -0.05) is 122 Å². The van der Waals surface area contributed by atoms with E-state index in [1.165, 1.54) is 50.2 Å². The van der Waals surface area contributed by atoms with Crippen LogP contribution in [0.3, 0.4) is 0 Å². The van der Waals surface area contributed by atoms with Crippen molar-refractivity contribution in [1.29, 1.82) is 0 Å². The standard InChI is InChI=1S/C15H20O2.C8H10.C6H14O.C3H5NO2.2C2H6.CH3F/c1-12(16)17-11-13-7-9-15(10-8-13)14-5-3-2-4-6-14;1-2-8-6-4-3-5-7-8;1-3-5-7-6-4-2;4-3(6)1-2-5;3*1-2/h7-10,14H,2-6,11H2,1H3;3-7H,2H2,1H3;3-6H2,1-2H3;2H,1H2,(H2,4,6);2*1-2H3;1H3. The molecule has 1 fully saturated rings. The Bertz CT molecular complexity index is 850. The molecule has 2 N–H and O–H groups in total. The Morgan fingerprint density at radius 3 is 1.66 bits per heavy atom. The predicted octanol–water partition coefficient (Wildman–Crippen LogP) is 9.57. The van der Waals surface area contributed by atoms with Gasteiger partial charge in [0.25, 0.3) is 0 Å². The van der Waals surface area contributed by atoms with Crippen LogP contribution in [0.4, 0.5) is 4.39 Å². The number of carbonyl (C=O) groups excluding carboxylic acids is 3. The highest BCUT2D eigenvalue weighted by molar-refractivity contribution is 5.86. The summed E-state index contributed by atoms with van der Waals surface area (Å²) < 4.78 is 19.6. The summed E-state index contributed by atoms with van der Waals surface area (Å²) in [6.45, 7) is 18.1. The minimum absolute atomic E-state index is 0.167. The van der Waals surface area contributed by atoms with Gasteiger partial charge in [0, 0.05) is 20.1 Å². The molecular formula is C37H64FNO5. The van der Waals surface area contributed by atoms with Gasteiger partial charge in [-0.05, 0) is 54.7 Å². The van der Waals surface area contributed by atoms with E-state index in [0.717, 1.165) is 44.0 Å². The maximum absolute atomic E-state index is 10.7. The van der Waals surface area contributed by atoms with E-state index in [2.05, 4.69) is 75.0 Å². The van der Waals surface area contributed by atoms with Gasteiger partial charge in [0.1, 0.15) is 12.9 Å². The first-order chi connectivity index (χ1) is 21.4. The monoisotopic (exact) mass is 621 g/mol. The summed E-state index contributed by atoms with van der Waals surface area (Å²) in [7, 11) is 0.500. The van der Waals surface area contributed by atoms with Gasteiger partial charge in [-0.15, -0.1) is 0 Å². The number of halogens is 1. The van der Waals surface area contributed by atoms with Gasteiger partial charge in [-0.25, -0.2) is 0 Å². The minimum Gasteiger partial charge on any atom is -0.461 e. The van der Waals surface area contributed by atoms with Gasteiger partial charge in [-0.2, -0.15) is 0 Å². The van der Waals surface area contributed by atoms with Crippen LogP contribution in [-0.2, 0) is 36.9 Å². The second kappa shape index (κ2) is 39.9. The smallest absolute Gasteiger partial charge is 0.302 e. The lowest BCUT2D eigenvalue weighted by Gasteiger charge is -2.22. The summed E-state index contributed by atoms with van der Waals surface area (Å²) in [6, 6.07) is 19.0. The molecule has 0 spiro atoms. The molecule has 3 rings (SSSR count). The SMILES string of the molecule is CC.CC.CC(=O)OCc1ccc(C2CCCCC2)cc1.CCCOCCC.CCc1ccccc1.CF.NC(=O)CC=O. The Labute approximate surface area is 269 Å². The van der Waals surface area contributed by atoms with Gasteiger partial charge in [0.2, 0.25) is 5.91 Å². The van der Waals surface area contributed by atoms with E-state index in [1.807, 2.05) is 33.8 Å². The van der Waals surface area contributed by atoms with Crippen molar-refractivity contribution >= 4 is 18.2 Å². The molecule has 254 valence electrons. The maximum Gasteiger partial charge on any atom is 0.302 e. The van der Waals surface area contributed by atoms with E-state index in [0.29, 0.717) is 20.1 Å². The Morgan fingerprint density at radius 2 is 1.32 bits per heavy atom. The third kappa shape index (κ3) is 33.4. The summed E-state index contributed by atoms with van der Waals surface area (Å²) >= 11 is 0. The molecule has 1 saturated carbocycles. The lowest BCUT2D eigenvalue weighted by atomic mass is 9.84. The fraction of sp³-hybridized carbons (Fsp3) is 0.595. The summed E-state index contributed by atoms with van der Waals surface area (Å²) in [5.74, 6) is -0.0575. The molecule has 0 unspecified atom stereocenters. The zero-order valence-corrected chi connectivity index (χ0v) is 29.3. The molecule has 2 aromatic rings. The van der Waals surface area contributed by atoms with E-state index in [9.17, 15) is 18.8 Å². The Balaban J connectivity index is -0.000000251. The number of hydrogen-bond donors (Lipinski definition) is 1. The second-order valence-corrected chi connectivity index (χ2v) is 9.15. The lowest BCUT2D eigenvalue weighted by Crippen LogP contribution is -2.09. The molecule has 0 saturated heterocycles. The number of benzene rings is 2. The number of primary amides is 1. The zero-order valence-electron chi connectivity index (χ0n) is 29.3. The van der Waals surface area contributed by atoms with Crippen LogP contribution in [0.1, 0.15) is 129 Å². The lowest BCUT2D eigenvalue weighted by molar-refractivity contribution is -0.142. The second-order valence-electron chi connectivity index (χ2n) is 9.15. The number of ether oxygens (including phenoxy) is 2. The summed E-state index contributed by atoms with van der Waals surface area (Å²) in [5.41, 5.74) is 8.45. The van der Waals surface area contributed by atoms with Gasteiger partial charge < -0.3 is 20.0 Å². The molecule has 0 heterocycles. The molecule has 1 aliphatic rings. The van der Waals surface area contributed by atoms with Crippen molar-refractivity contribution in [3.05, 3.63) is 71.3 Å². The van der Waals surface area contributed by atoms with Gasteiger partial charge in [0.15, 0.2) is 0 Å². The quantitative estimate of drug-likeness (QED) is 0.123. The number of aryl methyl sites for hydroxylation is 1. The molecule has 44 heavy (non-hydrogen) atoms. The number of amides is 1. The molecule has 0 radical (unpaired) electrons. The number of esters is 1. The fourth-order valence-corrected chi connectivity index (χ4v) is 3.69. The first-order valence-corrected chi connectivity index (χ1v) is 16.3. The number of rotatable bonds is 10. The summed E-state index contributed by atoms with van der Waals surface area (Å²) in [5, 5.41) is 0. The normalized spacial score (nSPS) is 11.0. The summed E-state index contributed by atoms with van der Waals surface area (Å²) in [6.07, 6.45) is 10.5. The van der Waals surface area contributed by atoms with Crippen molar-refractivity contribution in [2.24, 2.45) is 5.73 Å². The number of carbonyl (C=O) groups is 3. The van der Waals surface area contributed by atoms with Crippen LogP contribution in [-0.4, -0.2) is 38.6 Å². The largest absolute Gasteiger partial charge is 0.461 e. The van der Waals surface area contributed by atoms with Crippen molar-refractivity contribution in [1.82, 2.24) is 0 Å². The molecule has 7 heteroatoms. The fourth-order valence-electron chi connectivity index (χ4n) is 3.69.